The number of rotatable bonds is 3. The van der Waals surface area contributed by atoms with Crippen molar-refractivity contribution in [3.05, 3.63) is 28.3 Å². The summed E-state index contributed by atoms with van der Waals surface area (Å²) >= 11 is 5.79. The molecular formula is C11H12ClF3N2O3S. The number of carbonyl (C=O) groups is 1. The fourth-order valence-corrected chi connectivity index (χ4v) is 2.74. The number of carbonyl (C=O) groups excluding carboxylic acids is 1. The Morgan fingerprint density at radius 1 is 1.38 bits per heavy atom. The van der Waals surface area contributed by atoms with Crippen LogP contribution in [-0.4, -0.2) is 39.0 Å². The van der Waals surface area contributed by atoms with Gasteiger partial charge in [0.1, 0.15) is 6.54 Å². The van der Waals surface area contributed by atoms with Gasteiger partial charge in [0.25, 0.3) is 5.91 Å². The zero-order valence-corrected chi connectivity index (χ0v) is 12.6. The van der Waals surface area contributed by atoms with Gasteiger partial charge in [-0.2, -0.15) is 13.2 Å². The summed E-state index contributed by atoms with van der Waals surface area (Å²) in [5.74, 6) is -1.01. The molecule has 0 aliphatic rings. The largest absolute Gasteiger partial charge is 0.406 e. The number of benzene rings is 1. The fourth-order valence-electron chi connectivity index (χ4n) is 1.63. The van der Waals surface area contributed by atoms with Crippen LogP contribution in [0.3, 0.4) is 0 Å². The zero-order valence-electron chi connectivity index (χ0n) is 11.0. The van der Waals surface area contributed by atoms with Crippen molar-refractivity contribution in [3.8, 4) is 0 Å². The van der Waals surface area contributed by atoms with Gasteiger partial charge < -0.3 is 4.90 Å². The molecule has 21 heavy (non-hydrogen) atoms. The minimum atomic E-state index is -4.57. The van der Waals surface area contributed by atoms with E-state index in [4.69, 9.17) is 16.7 Å². The van der Waals surface area contributed by atoms with Crippen LogP contribution >= 0.6 is 11.6 Å². The molecule has 0 aromatic heterocycles. The fraction of sp³-hybridized carbons (Fsp3) is 0.364. The summed E-state index contributed by atoms with van der Waals surface area (Å²) < 4.78 is 59.6. The molecule has 0 saturated heterocycles. The van der Waals surface area contributed by atoms with E-state index in [-0.39, 0.29) is 16.1 Å². The van der Waals surface area contributed by atoms with Gasteiger partial charge in [-0.15, -0.1) is 0 Å². The van der Waals surface area contributed by atoms with Crippen molar-refractivity contribution in [1.82, 2.24) is 4.90 Å². The van der Waals surface area contributed by atoms with Gasteiger partial charge in [0, 0.05) is 17.6 Å². The molecule has 0 bridgehead atoms. The van der Waals surface area contributed by atoms with E-state index in [1.54, 1.807) is 0 Å². The van der Waals surface area contributed by atoms with Crippen molar-refractivity contribution in [1.29, 1.82) is 0 Å². The lowest BCUT2D eigenvalue weighted by Crippen LogP contribution is -2.36. The van der Waals surface area contributed by atoms with Crippen LogP contribution < -0.4 is 5.14 Å². The smallest absolute Gasteiger partial charge is 0.333 e. The Bertz CT molecular complexity index is 674. The molecule has 0 saturated carbocycles. The van der Waals surface area contributed by atoms with Crippen LogP contribution in [0.1, 0.15) is 15.9 Å². The Hall–Kier alpha value is -1.32. The Balaban J connectivity index is 3.27. The summed E-state index contributed by atoms with van der Waals surface area (Å²) in [5, 5.41) is 4.90. The van der Waals surface area contributed by atoms with Crippen molar-refractivity contribution in [2.45, 2.75) is 18.0 Å². The minimum absolute atomic E-state index is 0.0784. The first-order valence-corrected chi connectivity index (χ1v) is 7.40. The minimum Gasteiger partial charge on any atom is -0.333 e. The maximum Gasteiger partial charge on any atom is 0.406 e. The summed E-state index contributed by atoms with van der Waals surface area (Å²) in [6, 6.07) is 2.01. The van der Waals surface area contributed by atoms with Crippen molar-refractivity contribution < 1.29 is 26.4 Å². The summed E-state index contributed by atoms with van der Waals surface area (Å²) in [6.07, 6.45) is -4.57. The molecule has 2 N–H and O–H groups in total. The molecule has 1 amide bonds. The molecule has 0 aliphatic carbocycles. The van der Waals surface area contributed by atoms with Gasteiger partial charge in [-0.05, 0) is 24.6 Å². The highest BCUT2D eigenvalue weighted by Gasteiger charge is 2.32. The van der Waals surface area contributed by atoms with Gasteiger partial charge in [-0.25, -0.2) is 13.6 Å². The zero-order chi connectivity index (χ0) is 16.6. The van der Waals surface area contributed by atoms with Gasteiger partial charge in [-0.1, -0.05) is 11.6 Å². The van der Waals surface area contributed by atoms with E-state index in [0.29, 0.717) is 4.90 Å². The first kappa shape index (κ1) is 17.7. The number of sulfonamides is 1. The summed E-state index contributed by atoms with van der Waals surface area (Å²) in [7, 11) is -3.21. The number of nitrogens with zero attached hydrogens (tertiary/aromatic N) is 1. The highest BCUT2D eigenvalue weighted by molar-refractivity contribution is 7.89. The normalized spacial score (nSPS) is 12.3. The van der Waals surface area contributed by atoms with Crippen LogP contribution in [0.5, 0.6) is 0 Å². The summed E-state index contributed by atoms with van der Waals surface area (Å²) in [6.45, 7) is -0.0994. The first-order valence-electron chi connectivity index (χ1n) is 5.48. The lowest BCUT2D eigenvalue weighted by Gasteiger charge is -2.19. The second kappa shape index (κ2) is 5.82. The molecule has 0 heterocycles. The molecule has 0 fully saturated rings. The third kappa shape index (κ3) is 4.58. The molecule has 1 aromatic rings. The maximum absolute atomic E-state index is 12.3. The summed E-state index contributed by atoms with van der Waals surface area (Å²) in [5.41, 5.74) is -0.171. The molecule has 10 heteroatoms. The van der Waals surface area contributed by atoms with E-state index in [1.165, 1.54) is 6.92 Å². The lowest BCUT2D eigenvalue weighted by atomic mass is 10.1. The Morgan fingerprint density at radius 3 is 2.33 bits per heavy atom. The van der Waals surface area contributed by atoms with Crippen LogP contribution in [0, 0.1) is 6.92 Å². The Morgan fingerprint density at radius 2 is 1.90 bits per heavy atom. The SMILES string of the molecule is Cc1c(Cl)cc(C(=O)N(C)CC(F)(F)F)cc1S(N)(=O)=O. The highest BCUT2D eigenvalue weighted by atomic mass is 35.5. The van der Waals surface area contributed by atoms with Crippen LogP contribution in [-0.2, 0) is 10.0 Å². The van der Waals surface area contributed by atoms with Crippen LogP contribution in [0.15, 0.2) is 17.0 Å². The van der Waals surface area contributed by atoms with Crippen LogP contribution in [0.25, 0.3) is 0 Å². The standard InChI is InChI=1S/C11H12ClF3N2O3S/c1-6-8(12)3-7(4-9(6)21(16,19)20)10(18)17(2)5-11(13,14)15/h3-4H,5H2,1-2H3,(H2,16,19,20). The van der Waals surface area contributed by atoms with Gasteiger partial charge >= 0.3 is 6.18 Å². The average Bonchev–Trinajstić information content (AvgIpc) is 2.27. The van der Waals surface area contributed by atoms with E-state index < -0.39 is 33.5 Å². The number of hydrogen-bond donors (Lipinski definition) is 1. The first-order chi connectivity index (χ1) is 9.33. The van der Waals surface area contributed by atoms with Crippen LogP contribution in [0.2, 0.25) is 5.02 Å². The monoisotopic (exact) mass is 344 g/mol. The second-order valence-corrected chi connectivity index (χ2v) is 6.34. The number of hydrogen-bond acceptors (Lipinski definition) is 3. The van der Waals surface area contributed by atoms with Gasteiger partial charge in [0.2, 0.25) is 10.0 Å². The quantitative estimate of drug-likeness (QED) is 0.909. The third-order valence-corrected chi connectivity index (χ3v) is 4.04. The number of halogens is 4. The van der Waals surface area contributed by atoms with Crippen molar-refractivity contribution in [2.24, 2.45) is 5.14 Å². The highest BCUT2D eigenvalue weighted by Crippen LogP contribution is 2.26. The van der Waals surface area contributed by atoms with Crippen LogP contribution in [0.4, 0.5) is 13.2 Å². The Labute approximate surface area is 124 Å². The van der Waals surface area contributed by atoms with Crippen molar-refractivity contribution >= 4 is 27.5 Å². The molecule has 118 valence electrons. The average molecular weight is 345 g/mol. The van der Waals surface area contributed by atoms with Crippen molar-refractivity contribution in [3.63, 3.8) is 0 Å². The molecule has 0 spiro atoms. The predicted molar refractivity (Wildman–Crippen MR) is 70.6 cm³/mol. The van der Waals surface area contributed by atoms with E-state index in [2.05, 4.69) is 0 Å². The van der Waals surface area contributed by atoms with E-state index in [9.17, 15) is 26.4 Å². The molecular weight excluding hydrogens is 333 g/mol. The number of amides is 1. The molecule has 5 nitrogen and oxygen atoms in total. The molecule has 0 unspecified atom stereocenters. The topological polar surface area (TPSA) is 80.5 Å². The second-order valence-electron chi connectivity index (χ2n) is 4.40. The predicted octanol–water partition coefficient (Wildman–Crippen LogP) is 1.93. The van der Waals surface area contributed by atoms with E-state index in [0.717, 1.165) is 19.2 Å². The third-order valence-electron chi connectivity index (χ3n) is 2.61. The van der Waals surface area contributed by atoms with Gasteiger partial charge in [0.05, 0.1) is 4.90 Å². The maximum atomic E-state index is 12.3. The van der Waals surface area contributed by atoms with Crippen molar-refractivity contribution in [2.75, 3.05) is 13.6 Å². The molecule has 0 aliphatic heterocycles. The molecule has 0 radical (unpaired) electrons. The van der Waals surface area contributed by atoms with Gasteiger partial charge in [-0.3, -0.25) is 4.79 Å². The van der Waals surface area contributed by atoms with Gasteiger partial charge in [0.15, 0.2) is 0 Å². The Kier molecular flexibility index (Phi) is 4.91. The van der Waals surface area contributed by atoms with E-state index >= 15 is 0 Å². The lowest BCUT2D eigenvalue weighted by molar-refractivity contribution is -0.138. The molecule has 1 aromatic carbocycles. The van der Waals surface area contributed by atoms with E-state index in [1.807, 2.05) is 0 Å². The number of primary sulfonamides is 1. The number of alkyl halides is 3. The molecule has 0 atom stereocenters. The number of nitrogens with two attached hydrogens (primary N) is 1. The molecule has 1 rings (SSSR count). The summed E-state index contributed by atoms with van der Waals surface area (Å²) in [4.78, 5) is 11.9.